The first kappa shape index (κ1) is 11.6. The van der Waals surface area contributed by atoms with E-state index in [1.165, 1.54) is 0 Å². The third-order valence-corrected chi connectivity index (χ3v) is 1.41. The first-order chi connectivity index (χ1) is 4.99. The summed E-state index contributed by atoms with van der Waals surface area (Å²) in [6.45, 7) is -1.21. The SMILES string of the molecule is Cl.O=C(NCC(F)(F)F)C1CC1. The molecule has 0 heterocycles. The molecule has 2 nitrogen and oxygen atoms in total. The standard InChI is InChI=1S/C6H8F3NO.ClH/c7-6(8,9)3-10-5(11)4-1-2-4;/h4H,1-3H2,(H,10,11);1H. The zero-order chi connectivity index (χ0) is 8.48. The van der Waals surface area contributed by atoms with Crippen molar-refractivity contribution in [2.45, 2.75) is 19.0 Å². The second-order valence-electron chi connectivity index (χ2n) is 2.61. The van der Waals surface area contributed by atoms with Crippen LogP contribution < -0.4 is 5.32 Å². The molecule has 0 bridgehead atoms. The van der Waals surface area contributed by atoms with Gasteiger partial charge in [0.1, 0.15) is 6.54 Å². The summed E-state index contributed by atoms with van der Waals surface area (Å²) >= 11 is 0. The Morgan fingerprint density at radius 1 is 1.42 bits per heavy atom. The highest BCUT2D eigenvalue weighted by molar-refractivity contribution is 5.85. The quantitative estimate of drug-likeness (QED) is 0.724. The molecule has 72 valence electrons. The van der Waals surface area contributed by atoms with Crippen LogP contribution in [-0.2, 0) is 4.79 Å². The molecule has 1 fully saturated rings. The molecule has 12 heavy (non-hydrogen) atoms. The molecule has 1 saturated carbocycles. The van der Waals surface area contributed by atoms with Gasteiger partial charge >= 0.3 is 6.18 Å². The summed E-state index contributed by atoms with van der Waals surface area (Å²) in [7, 11) is 0. The number of nitrogens with one attached hydrogen (secondary N) is 1. The Balaban J connectivity index is 0.00000121. The van der Waals surface area contributed by atoms with Crippen molar-refractivity contribution in [1.29, 1.82) is 0 Å². The Kier molecular flexibility index (Phi) is 3.83. The molecule has 6 heteroatoms. The summed E-state index contributed by atoms with van der Waals surface area (Å²) in [6.07, 6.45) is -2.84. The Labute approximate surface area is 73.9 Å². The number of amides is 1. The molecule has 0 unspecified atom stereocenters. The summed E-state index contributed by atoms with van der Waals surface area (Å²) in [5, 5.41) is 1.82. The lowest BCUT2D eigenvalue weighted by Crippen LogP contribution is -2.34. The van der Waals surface area contributed by atoms with Crippen LogP contribution in [0.5, 0.6) is 0 Å². The van der Waals surface area contributed by atoms with E-state index in [1.807, 2.05) is 5.32 Å². The number of halogens is 4. The topological polar surface area (TPSA) is 29.1 Å². The van der Waals surface area contributed by atoms with Crippen molar-refractivity contribution >= 4 is 18.3 Å². The monoisotopic (exact) mass is 203 g/mol. The van der Waals surface area contributed by atoms with Crippen LogP contribution in [0.1, 0.15) is 12.8 Å². The fraction of sp³-hybridized carbons (Fsp3) is 0.833. The lowest BCUT2D eigenvalue weighted by molar-refractivity contribution is -0.139. The van der Waals surface area contributed by atoms with E-state index in [0.717, 1.165) is 12.8 Å². The van der Waals surface area contributed by atoms with Gasteiger partial charge in [0.15, 0.2) is 0 Å². The first-order valence-electron chi connectivity index (χ1n) is 3.33. The van der Waals surface area contributed by atoms with E-state index in [2.05, 4.69) is 0 Å². The second-order valence-corrected chi connectivity index (χ2v) is 2.61. The second kappa shape index (κ2) is 3.98. The van der Waals surface area contributed by atoms with Crippen LogP contribution in [-0.4, -0.2) is 18.6 Å². The van der Waals surface area contributed by atoms with Crippen LogP contribution in [0.3, 0.4) is 0 Å². The molecular weight excluding hydrogens is 195 g/mol. The first-order valence-corrected chi connectivity index (χ1v) is 3.33. The summed E-state index contributed by atoms with van der Waals surface area (Å²) in [5.41, 5.74) is 0. The minimum absolute atomic E-state index is 0. The van der Waals surface area contributed by atoms with Gasteiger partial charge in [0.2, 0.25) is 5.91 Å². The molecule has 1 aliphatic rings. The summed E-state index contributed by atoms with van der Waals surface area (Å²) in [5.74, 6) is -0.625. The Morgan fingerprint density at radius 2 is 1.92 bits per heavy atom. The van der Waals surface area contributed by atoms with Crippen LogP contribution in [0.2, 0.25) is 0 Å². The highest BCUT2D eigenvalue weighted by Crippen LogP contribution is 2.28. The third kappa shape index (κ3) is 4.43. The molecule has 1 amide bonds. The van der Waals surface area contributed by atoms with Gasteiger partial charge in [-0.1, -0.05) is 0 Å². The highest BCUT2D eigenvalue weighted by atomic mass is 35.5. The van der Waals surface area contributed by atoms with E-state index in [0.29, 0.717) is 0 Å². The molecule has 0 aliphatic heterocycles. The van der Waals surface area contributed by atoms with Gasteiger partial charge in [0, 0.05) is 5.92 Å². The van der Waals surface area contributed by atoms with E-state index < -0.39 is 18.6 Å². The van der Waals surface area contributed by atoms with E-state index in [9.17, 15) is 18.0 Å². The molecule has 1 rings (SSSR count). The fourth-order valence-electron chi connectivity index (χ4n) is 0.677. The van der Waals surface area contributed by atoms with Crippen molar-refractivity contribution in [2.75, 3.05) is 6.54 Å². The molecule has 0 aromatic heterocycles. The average molecular weight is 204 g/mol. The van der Waals surface area contributed by atoms with Crippen LogP contribution in [0.4, 0.5) is 13.2 Å². The number of hydrogen-bond acceptors (Lipinski definition) is 1. The maximum absolute atomic E-state index is 11.5. The predicted octanol–water partition coefficient (Wildman–Crippen LogP) is 1.50. The molecule has 0 atom stereocenters. The summed E-state index contributed by atoms with van der Waals surface area (Å²) < 4.78 is 34.5. The Morgan fingerprint density at radius 3 is 2.25 bits per heavy atom. The van der Waals surface area contributed by atoms with Crippen molar-refractivity contribution < 1.29 is 18.0 Å². The van der Waals surface area contributed by atoms with Gasteiger partial charge < -0.3 is 5.32 Å². The summed E-state index contributed by atoms with van der Waals surface area (Å²) in [4.78, 5) is 10.6. The van der Waals surface area contributed by atoms with Crippen LogP contribution in [0.15, 0.2) is 0 Å². The minimum atomic E-state index is -4.29. The normalized spacial score (nSPS) is 16.6. The average Bonchev–Trinajstić information content (AvgIpc) is 2.61. The van der Waals surface area contributed by atoms with Gasteiger partial charge in [-0.15, -0.1) is 12.4 Å². The molecule has 1 aliphatic carbocycles. The van der Waals surface area contributed by atoms with Gasteiger partial charge in [-0.25, -0.2) is 0 Å². The van der Waals surface area contributed by atoms with Gasteiger partial charge in [0.25, 0.3) is 0 Å². The molecule has 0 aromatic rings. The molecule has 0 radical (unpaired) electrons. The Bertz CT molecular complexity index is 167. The predicted molar refractivity (Wildman–Crippen MR) is 39.0 cm³/mol. The molecule has 0 saturated heterocycles. The summed E-state index contributed by atoms with van der Waals surface area (Å²) in [6, 6.07) is 0. The van der Waals surface area contributed by atoms with Gasteiger partial charge in [-0.2, -0.15) is 13.2 Å². The highest BCUT2D eigenvalue weighted by Gasteiger charge is 2.33. The third-order valence-electron chi connectivity index (χ3n) is 1.41. The van der Waals surface area contributed by atoms with E-state index in [4.69, 9.17) is 0 Å². The van der Waals surface area contributed by atoms with Crippen molar-refractivity contribution in [2.24, 2.45) is 5.92 Å². The lowest BCUT2D eigenvalue weighted by Gasteiger charge is -2.06. The molecule has 1 N–H and O–H groups in total. The zero-order valence-electron chi connectivity index (χ0n) is 6.15. The number of rotatable bonds is 2. The Hall–Kier alpha value is -0.450. The van der Waals surface area contributed by atoms with Crippen molar-refractivity contribution in [1.82, 2.24) is 5.32 Å². The number of hydrogen-bond donors (Lipinski definition) is 1. The smallest absolute Gasteiger partial charge is 0.347 e. The number of carbonyl (C=O) groups is 1. The molecular formula is C6H9ClF3NO. The number of alkyl halides is 3. The largest absolute Gasteiger partial charge is 0.405 e. The fourth-order valence-corrected chi connectivity index (χ4v) is 0.677. The number of carbonyl (C=O) groups excluding carboxylic acids is 1. The lowest BCUT2D eigenvalue weighted by atomic mass is 10.4. The van der Waals surface area contributed by atoms with Crippen molar-refractivity contribution in [3.8, 4) is 0 Å². The molecule has 0 aromatic carbocycles. The van der Waals surface area contributed by atoms with E-state index in [1.54, 1.807) is 0 Å². The van der Waals surface area contributed by atoms with Crippen molar-refractivity contribution in [3.05, 3.63) is 0 Å². The van der Waals surface area contributed by atoms with E-state index >= 15 is 0 Å². The van der Waals surface area contributed by atoms with Crippen LogP contribution >= 0.6 is 12.4 Å². The van der Waals surface area contributed by atoms with Gasteiger partial charge in [0.05, 0.1) is 0 Å². The van der Waals surface area contributed by atoms with Crippen LogP contribution in [0.25, 0.3) is 0 Å². The van der Waals surface area contributed by atoms with E-state index in [-0.39, 0.29) is 18.3 Å². The van der Waals surface area contributed by atoms with Crippen LogP contribution in [0, 0.1) is 5.92 Å². The molecule has 0 spiro atoms. The minimum Gasteiger partial charge on any atom is -0.347 e. The zero-order valence-corrected chi connectivity index (χ0v) is 6.97. The van der Waals surface area contributed by atoms with Crippen molar-refractivity contribution in [3.63, 3.8) is 0 Å². The maximum Gasteiger partial charge on any atom is 0.405 e. The maximum atomic E-state index is 11.5. The van der Waals surface area contributed by atoms with Gasteiger partial charge in [-0.3, -0.25) is 4.79 Å². The van der Waals surface area contributed by atoms with Gasteiger partial charge in [-0.05, 0) is 12.8 Å².